The largest absolute Gasteiger partial charge is 0.462 e. The maximum absolute atomic E-state index is 12.0. The third kappa shape index (κ3) is 4.04. The number of aryl methyl sites for hydroxylation is 2. The molecule has 0 bridgehead atoms. The Labute approximate surface area is 179 Å². The van der Waals surface area contributed by atoms with Crippen LogP contribution in [0.3, 0.4) is 0 Å². The Morgan fingerprint density at radius 1 is 1.07 bits per heavy atom. The van der Waals surface area contributed by atoms with Gasteiger partial charge in [0.2, 0.25) is 0 Å². The SMILES string of the molecule is CCCOC(=O)c1ccc(Nc2ncnc3scc(-c4ccc(C)c(C)c4)c23)cc1. The van der Waals surface area contributed by atoms with Crippen molar-refractivity contribution in [1.29, 1.82) is 0 Å². The number of thiophene rings is 1. The van der Waals surface area contributed by atoms with E-state index in [-0.39, 0.29) is 5.97 Å². The Morgan fingerprint density at radius 3 is 2.60 bits per heavy atom. The molecule has 2 heterocycles. The van der Waals surface area contributed by atoms with E-state index in [2.05, 4.69) is 52.7 Å². The maximum atomic E-state index is 12.0. The first-order valence-corrected chi connectivity index (χ1v) is 10.8. The summed E-state index contributed by atoms with van der Waals surface area (Å²) >= 11 is 1.61. The van der Waals surface area contributed by atoms with E-state index in [0.29, 0.717) is 12.2 Å². The number of hydrogen-bond acceptors (Lipinski definition) is 6. The minimum absolute atomic E-state index is 0.303. The van der Waals surface area contributed by atoms with E-state index in [4.69, 9.17) is 4.74 Å². The molecule has 0 aliphatic carbocycles. The Kier molecular flexibility index (Phi) is 5.77. The van der Waals surface area contributed by atoms with Crippen molar-refractivity contribution in [2.24, 2.45) is 0 Å². The van der Waals surface area contributed by atoms with Crippen molar-refractivity contribution in [1.82, 2.24) is 9.97 Å². The maximum Gasteiger partial charge on any atom is 0.338 e. The third-order valence-electron chi connectivity index (χ3n) is 5.01. The highest BCUT2D eigenvalue weighted by molar-refractivity contribution is 7.17. The number of benzene rings is 2. The van der Waals surface area contributed by atoms with Gasteiger partial charge in [0, 0.05) is 16.6 Å². The zero-order valence-corrected chi connectivity index (χ0v) is 18.0. The van der Waals surface area contributed by atoms with Crippen LogP contribution in [-0.4, -0.2) is 22.5 Å². The fourth-order valence-corrected chi connectivity index (χ4v) is 4.11. The summed E-state index contributed by atoms with van der Waals surface area (Å²) in [5.74, 6) is 0.443. The molecule has 4 aromatic rings. The summed E-state index contributed by atoms with van der Waals surface area (Å²) < 4.78 is 5.19. The zero-order chi connectivity index (χ0) is 21.1. The summed E-state index contributed by atoms with van der Waals surface area (Å²) in [7, 11) is 0. The number of nitrogens with one attached hydrogen (secondary N) is 1. The van der Waals surface area contributed by atoms with Gasteiger partial charge in [0.05, 0.1) is 17.6 Å². The van der Waals surface area contributed by atoms with Crippen molar-refractivity contribution < 1.29 is 9.53 Å². The molecule has 0 saturated carbocycles. The predicted molar refractivity (Wildman–Crippen MR) is 123 cm³/mol. The molecule has 0 atom stereocenters. The number of rotatable bonds is 6. The van der Waals surface area contributed by atoms with Gasteiger partial charge >= 0.3 is 5.97 Å². The molecule has 30 heavy (non-hydrogen) atoms. The Hall–Kier alpha value is -3.25. The number of carbonyl (C=O) groups excluding carboxylic acids is 1. The van der Waals surface area contributed by atoms with E-state index in [0.717, 1.165) is 39.3 Å². The van der Waals surface area contributed by atoms with Crippen LogP contribution in [0.5, 0.6) is 0 Å². The highest BCUT2D eigenvalue weighted by Gasteiger charge is 2.14. The lowest BCUT2D eigenvalue weighted by Gasteiger charge is -2.10. The fourth-order valence-electron chi connectivity index (χ4n) is 3.20. The monoisotopic (exact) mass is 417 g/mol. The van der Waals surface area contributed by atoms with E-state index in [1.165, 1.54) is 11.1 Å². The molecule has 152 valence electrons. The van der Waals surface area contributed by atoms with Crippen molar-refractivity contribution in [3.8, 4) is 11.1 Å². The molecule has 0 unspecified atom stereocenters. The number of aromatic nitrogens is 2. The molecule has 0 saturated heterocycles. The lowest BCUT2D eigenvalue weighted by Crippen LogP contribution is -2.05. The number of hydrogen-bond donors (Lipinski definition) is 1. The van der Waals surface area contributed by atoms with Crippen LogP contribution in [0.4, 0.5) is 11.5 Å². The smallest absolute Gasteiger partial charge is 0.338 e. The Bertz CT molecular complexity index is 1200. The van der Waals surface area contributed by atoms with Crippen molar-refractivity contribution >= 4 is 39.0 Å². The van der Waals surface area contributed by atoms with Crippen LogP contribution < -0.4 is 5.32 Å². The minimum atomic E-state index is -0.303. The standard InChI is InChI=1S/C24H23N3O2S/c1-4-11-29-24(28)17-7-9-19(10-8-17)27-22-21-20(13-30-23(21)26-14-25-22)18-6-5-15(2)16(3)12-18/h5-10,12-14H,4,11H2,1-3H3,(H,25,26,27). The summed E-state index contributed by atoms with van der Waals surface area (Å²) in [6.45, 7) is 6.63. The van der Waals surface area contributed by atoms with E-state index in [1.807, 2.05) is 19.1 Å². The van der Waals surface area contributed by atoms with Gasteiger partial charge in [-0.25, -0.2) is 14.8 Å². The van der Waals surface area contributed by atoms with Gasteiger partial charge in [-0.05, 0) is 61.2 Å². The summed E-state index contributed by atoms with van der Waals surface area (Å²) in [5, 5.41) is 6.51. The number of fused-ring (bicyclic) bond motifs is 1. The first-order valence-electron chi connectivity index (χ1n) is 9.91. The van der Waals surface area contributed by atoms with E-state index >= 15 is 0 Å². The molecular weight excluding hydrogens is 394 g/mol. The second-order valence-corrected chi connectivity index (χ2v) is 8.05. The van der Waals surface area contributed by atoms with Crippen LogP contribution in [0.2, 0.25) is 0 Å². The molecule has 0 fully saturated rings. The average Bonchev–Trinajstić information content (AvgIpc) is 3.20. The van der Waals surface area contributed by atoms with Crippen LogP contribution in [0.25, 0.3) is 21.3 Å². The Balaban J connectivity index is 1.66. The van der Waals surface area contributed by atoms with Gasteiger partial charge in [0.15, 0.2) is 0 Å². The molecule has 1 N–H and O–H groups in total. The molecule has 0 amide bonds. The highest BCUT2D eigenvalue weighted by Crippen LogP contribution is 2.38. The summed E-state index contributed by atoms with van der Waals surface area (Å²) in [6, 6.07) is 13.7. The van der Waals surface area contributed by atoms with Gasteiger partial charge in [-0.2, -0.15) is 0 Å². The normalized spacial score (nSPS) is 10.9. The molecule has 4 rings (SSSR count). The molecule has 0 aliphatic rings. The van der Waals surface area contributed by atoms with Gasteiger partial charge in [0.1, 0.15) is 17.0 Å². The van der Waals surface area contributed by atoms with Crippen LogP contribution in [0.15, 0.2) is 54.2 Å². The van der Waals surface area contributed by atoms with E-state index in [9.17, 15) is 4.79 Å². The third-order valence-corrected chi connectivity index (χ3v) is 5.90. The first kappa shape index (κ1) is 20.0. The van der Waals surface area contributed by atoms with Crippen LogP contribution in [0.1, 0.15) is 34.8 Å². The number of anilines is 2. The van der Waals surface area contributed by atoms with Crippen LogP contribution in [-0.2, 0) is 4.74 Å². The van der Waals surface area contributed by atoms with Crippen molar-refractivity contribution in [2.45, 2.75) is 27.2 Å². The molecule has 5 nitrogen and oxygen atoms in total. The molecule has 0 radical (unpaired) electrons. The summed E-state index contributed by atoms with van der Waals surface area (Å²) in [6.07, 6.45) is 2.38. The lowest BCUT2D eigenvalue weighted by atomic mass is 10.0. The quantitative estimate of drug-likeness (QED) is 0.374. The minimum Gasteiger partial charge on any atom is -0.462 e. The van der Waals surface area contributed by atoms with Crippen molar-refractivity contribution in [2.75, 3.05) is 11.9 Å². The summed E-state index contributed by atoms with van der Waals surface area (Å²) in [5.41, 5.74) is 6.17. The summed E-state index contributed by atoms with van der Waals surface area (Å²) in [4.78, 5) is 21.9. The Morgan fingerprint density at radius 2 is 1.87 bits per heavy atom. The topological polar surface area (TPSA) is 64.1 Å². The van der Waals surface area contributed by atoms with Crippen LogP contribution in [0, 0.1) is 13.8 Å². The fraction of sp³-hybridized carbons (Fsp3) is 0.208. The number of nitrogens with zero attached hydrogens (tertiary/aromatic N) is 2. The van der Waals surface area contributed by atoms with Crippen molar-refractivity contribution in [3.05, 3.63) is 70.9 Å². The van der Waals surface area contributed by atoms with E-state index in [1.54, 1.807) is 29.8 Å². The average molecular weight is 418 g/mol. The number of carbonyl (C=O) groups is 1. The van der Waals surface area contributed by atoms with Crippen LogP contribution >= 0.6 is 11.3 Å². The van der Waals surface area contributed by atoms with Gasteiger partial charge < -0.3 is 10.1 Å². The second-order valence-electron chi connectivity index (χ2n) is 7.19. The van der Waals surface area contributed by atoms with E-state index < -0.39 is 0 Å². The second kappa shape index (κ2) is 8.63. The van der Waals surface area contributed by atoms with Gasteiger partial charge in [-0.15, -0.1) is 11.3 Å². The number of esters is 1. The molecule has 2 aromatic carbocycles. The molecule has 0 spiro atoms. The molecule has 0 aliphatic heterocycles. The van der Waals surface area contributed by atoms with Gasteiger partial charge in [-0.3, -0.25) is 0 Å². The lowest BCUT2D eigenvalue weighted by molar-refractivity contribution is 0.0505. The highest BCUT2D eigenvalue weighted by atomic mass is 32.1. The first-order chi connectivity index (χ1) is 14.6. The molecule has 2 aromatic heterocycles. The zero-order valence-electron chi connectivity index (χ0n) is 17.2. The van der Waals surface area contributed by atoms with Gasteiger partial charge in [0.25, 0.3) is 0 Å². The van der Waals surface area contributed by atoms with Crippen molar-refractivity contribution in [3.63, 3.8) is 0 Å². The predicted octanol–water partition coefficient (Wildman–Crippen LogP) is 6.29. The molecule has 6 heteroatoms. The molecular formula is C24H23N3O2S. The van der Waals surface area contributed by atoms with Gasteiger partial charge in [-0.1, -0.05) is 25.1 Å². The number of ether oxygens (including phenoxy) is 1.